The van der Waals surface area contributed by atoms with Crippen molar-refractivity contribution in [2.75, 3.05) is 19.7 Å². The standard InChI is InChI=1S/C18H24N2O5/c1-3-25-17(21)9-6-14-5-4-10-19(12-14)18(22)16-8-7-15(20(23)24)11-13(16)2/h7-8,11,14H,3-6,9-10,12H2,1-2H3/t14-/m0/s1. The molecule has 1 atom stereocenters. The first-order chi connectivity index (χ1) is 11.9. The third-order valence-electron chi connectivity index (χ3n) is 4.52. The largest absolute Gasteiger partial charge is 0.466 e. The highest BCUT2D eigenvalue weighted by molar-refractivity contribution is 5.96. The molecule has 0 saturated carbocycles. The molecule has 1 fully saturated rings. The van der Waals surface area contributed by atoms with Crippen molar-refractivity contribution >= 4 is 17.6 Å². The minimum Gasteiger partial charge on any atom is -0.466 e. The Morgan fingerprint density at radius 2 is 2.16 bits per heavy atom. The maximum Gasteiger partial charge on any atom is 0.305 e. The lowest BCUT2D eigenvalue weighted by Gasteiger charge is -2.33. The average Bonchev–Trinajstić information content (AvgIpc) is 2.59. The van der Waals surface area contributed by atoms with E-state index < -0.39 is 4.92 Å². The lowest BCUT2D eigenvalue weighted by molar-refractivity contribution is -0.384. The van der Waals surface area contributed by atoms with E-state index >= 15 is 0 Å². The Morgan fingerprint density at radius 1 is 1.40 bits per heavy atom. The van der Waals surface area contributed by atoms with Crippen molar-refractivity contribution in [3.05, 3.63) is 39.4 Å². The number of rotatable bonds is 6. The molecule has 1 heterocycles. The quantitative estimate of drug-likeness (QED) is 0.448. The van der Waals surface area contributed by atoms with Crippen LogP contribution in [0.5, 0.6) is 0 Å². The number of aryl methyl sites for hydroxylation is 1. The van der Waals surface area contributed by atoms with E-state index in [2.05, 4.69) is 0 Å². The van der Waals surface area contributed by atoms with Crippen molar-refractivity contribution in [1.29, 1.82) is 0 Å². The molecule has 1 saturated heterocycles. The minimum atomic E-state index is -0.465. The van der Waals surface area contributed by atoms with Crippen LogP contribution in [0.4, 0.5) is 5.69 Å². The lowest BCUT2D eigenvalue weighted by Crippen LogP contribution is -2.40. The number of esters is 1. The molecule has 2 rings (SSSR count). The van der Waals surface area contributed by atoms with Gasteiger partial charge in [-0.1, -0.05) is 0 Å². The van der Waals surface area contributed by atoms with Gasteiger partial charge in [0.05, 0.1) is 11.5 Å². The maximum atomic E-state index is 12.8. The van der Waals surface area contributed by atoms with Gasteiger partial charge in [0.25, 0.3) is 11.6 Å². The second kappa shape index (κ2) is 8.60. The molecular formula is C18H24N2O5. The Labute approximate surface area is 147 Å². The van der Waals surface area contributed by atoms with Gasteiger partial charge < -0.3 is 9.64 Å². The maximum absolute atomic E-state index is 12.8. The van der Waals surface area contributed by atoms with Gasteiger partial charge in [-0.15, -0.1) is 0 Å². The predicted octanol–water partition coefficient (Wildman–Crippen LogP) is 3.10. The van der Waals surface area contributed by atoms with Gasteiger partial charge in [-0.05, 0) is 50.7 Å². The van der Waals surface area contributed by atoms with Crippen molar-refractivity contribution < 1.29 is 19.2 Å². The number of benzene rings is 1. The van der Waals surface area contributed by atoms with Crippen molar-refractivity contribution in [1.82, 2.24) is 4.90 Å². The molecule has 0 N–H and O–H groups in total. The van der Waals surface area contributed by atoms with E-state index in [0.717, 1.165) is 12.8 Å². The van der Waals surface area contributed by atoms with E-state index in [9.17, 15) is 19.7 Å². The predicted molar refractivity (Wildman–Crippen MR) is 92.3 cm³/mol. The molecule has 0 spiro atoms. The van der Waals surface area contributed by atoms with Gasteiger partial charge in [-0.3, -0.25) is 19.7 Å². The average molecular weight is 348 g/mol. The highest BCUT2D eigenvalue weighted by Gasteiger charge is 2.26. The second-order valence-corrected chi connectivity index (χ2v) is 6.36. The molecule has 1 aromatic rings. The fraction of sp³-hybridized carbons (Fsp3) is 0.556. The minimum absolute atomic E-state index is 0.0139. The highest BCUT2D eigenvalue weighted by atomic mass is 16.6. The number of nitrogens with zero attached hydrogens (tertiary/aromatic N) is 2. The number of non-ortho nitro benzene ring substituents is 1. The summed E-state index contributed by atoms with van der Waals surface area (Å²) in [5.41, 5.74) is 1.09. The molecule has 1 aliphatic heterocycles. The normalized spacial score (nSPS) is 17.2. The number of carbonyl (C=O) groups excluding carboxylic acids is 2. The monoisotopic (exact) mass is 348 g/mol. The zero-order valence-corrected chi connectivity index (χ0v) is 14.7. The molecule has 0 aliphatic carbocycles. The Balaban J connectivity index is 1.99. The van der Waals surface area contributed by atoms with Crippen LogP contribution in [-0.4, -0.2) is 41.4 Å². The van der Waals surface area contributed by atoms with Crippen LogP contribution < -0.4 is 0 Å². The first-order valence-electron chi connectivity index (χ1n) is 8.62. The van der Waals surface area contributed by atoms with Gasteiger partial charge in [0.2, 0.25) is 0 Å². The Morgan fingerprint density at radius 3 is 2.80 bits per heavy atom. The molecule has 25 heavy (non-hydrogen) atoms. The number of amides is 1. The van der Waals surface area contributed by atoms with Gasteiger partial charge in [0.15, 0.2) is 0 Å². The van der Waals surface area contributed by atoms with Crippen LogP contribution in [0.3, 0.4) is 0 Å². The van der Waals surface area contributed by atoms with Gasteiger partial charge in [0, 0.05) is 37.2 Å². The number of carbonyl (C=O) groups is 2. The molecule has 1 aromatic carbocycles. The fourth-order valence-corrected chi connectivity index (χ4v) is 3.21. The highest BCUT2D eigenvalue weighted by Crippen LogP contribution is 2.24. The summed E-state index contributed by atoms with van der Waals surface area (Å²) in [6.07, 6.45) is 2.96. The van der Waals surface area contributed by atoms with Gasteiger partial charge in [0.1, 0.15) is 0 Å². The first kappa shape index (κ1) is 18.9. The number of likely N-dealkylation sites (tertiary alicyclic amines) is 1. The Bertz CT molecular complexity index is 659. The van der Waals surface area contributed by atoms with E-state index in [1.54, 1.807) is 18.7 Å². The number of piperidine rings is 1. The van der Waals surface area contributed by atoms with Crippen LogP contribution in [0.2, 0.25) is 0 Å². The summed E-state index contributed by atoms with van der Waals surface area (Å²) in [5.74, 6) is -0.0224. The molecule has 0 unspecified atom stereocenters. The SMILES string of the molecule is CCOC(=O)CC[C@@H]1CCCN(C(=O)c2ccc([N+](=O)[O-])cc2C)C1. The van der Waals surface area contributed by atoms with Crippen LogP contribution in [0, 0.1) is 23.0 Å². The van der Waals surface area contributed by atoms with Crippen molar-refractivity contribution in [3.8, 4) is 0 Å². The van der Waals surface area contributed by atoms with E-state index in [0.29, 0.717) is 43.7 Å². The van der Waals surface area contributed by atoms with E-state index in [4.69, 9.17) is 4.74 Å². The second-order valence-electron chi connectivity index (χ2n) is 6.36. The Hall–Kier alpha value is -2.44. The number of ether oxygens (including phenoxy) is 1. The third-order valence-corrected chi connectivity index (χ3v) is 4.52. The third kappa shape index (κ3) is 5.01. The van der Waals surface area contributed by atoms with Crippen LogP contribution in [0.25, 0.3) is 0 Å². The summed E-state index contributed by atoms with van der Waals surface area (Å²) in [6.45, 7) is 5.15. The smallest absolute Gasteiger partial charge is 0.305 e. The Kier molecular flexibility index (Phi) is 6.50. The zero-order valence-electron chi connectivity index (χ0n) is 14.7. The van der Waals surface area contributed by atoms with E-state index in [-0.39, 0.29) is 23.5 Å². The van der Waals surface area contributed by atoms with Crippen molar-refractivity contribution in [2.45, 2.75) is 39.5 Å². The van der Waals surface area contributed by atoms with Crippen LogP contribution in [0.15, 0.2) is 18.2 Å². The number of hydrogen-bond acceptors (Lipinski definition) is 5. The fourth-order valence-electron chi connectivity index (χ4n) is 3.21. The molecule has 136 valence electrons. The van der Waals surface area contributed by atoms with Crippen LogP contribution >= 0.6 is 0 Å². The van der Waals surface area contributed by atoms with Gasteiger partial charge in [-0.25, -0.2) is 0 Å². The number of nitro benzene ring substituents is 1. The molecule has 7 nitrogen and oxygen atoms in total. The molecule has 7 heteroatoms. The zero-order chi connectivity index (χ0) is 18.4. The van der Waals surface area contributed by atoms with Crippen molar-refractivity contribution in [2.24, 2.45) is 5.92 Å². The van der Waals surface area contributed by atoms with E-state index in [1.165, 1.54) is 18.2 Å². The molecular weight excluding hydrogens is 324 g/mol. The lowest BCUT2D eigenvalue weighted by atomic mass is 9.92. The molecule has 1 amide bonds. The summed E-state index contributed by atoms with van der Waals surface area (Å²) in [5, 5.41) is 10.8. The van der Waals surface area contributed by atoms with Gasteiger partial charge >= 0.3 is 5.97 Å². The number of hydrogen-bond donors (Lipinski definition) is 0. The first-order valence-corrected chi connectivity index (χ1v) is 8.62. The summed E-state index contributed by atoms with van der Waals surface area (Å²) in [7, 11) is 0. The summed E-state index contributed by atoms with van der Waals surface area (Å²) in [4.78, 5) is 36.4. The van der Waals surface area contributed by atoms with E-state index in [1.807, 2.05) is 0 Å². The molecule has 0 aromatic heterocycles. The molecule has 1 aliphatic rings. The number of nitro groups is 1. The topological polar surface area (TPSA) is 89.8 Å². The summed E-state index contributed by atoms with van der Waals surface area (Å²) < 4.78 is 4.95. The molecule has 0 radical (unpaired) electrons. The summed E-state index contributed by atoms with van der Waals surface area (Å²) in [6, 6.07) is 4.32. The van der Waals surface area contributed by atoms with Gasteiger partial charge in [-0.2, -0.15) is 0 Å². The summed E-state index contributed by atoms with van der Waals surface area (Å²) >= 11 is 0. The van der Waals surface area contributed by atoms with Crippen LogP contribution in [-0.2, 0) is 9.53 Å². The molecule has 0 bridgehead atoms. The van der Waals surface area contributed by atoms with Crippen molar-refractivity contribution in [3.63, 3.8) is 0 Å². The van der Waals surface area contributed by atoms with Crippen LogP contribution in [0.1, 0.15) is 48.5 Å².